The summed E-state index contributed by atoms with van der Waals surface area (Å²) < 4.78 is 0. The van der Waals surface area contributed by atoms with Crippen molar-refractivity contribution in [1.29, 1.82) is 0 Å². The largest absolute Gasteiger partial charge is 0.309 e. The third-order valence-corrected chi connectivity index (χ3v) is 4.40. The van der Waals surface area contributed by atoms with Crippen molar-refractivity contribution in [2.45, 2.75) is 90.6 Å². The Morgan fingerprint density at radius 2 is 1.58 bits per heavy atom. The standard InChI is InChI=1S/C17H36N2/c1-5-6-7-8-9-10-11-12-13-19-15-17(3,4)18-14-16(19)2/h16,18H,5-15H2,1-4H3. The van der Waals surface area contributed by atoms with Gasteiger partial charge in [0.2, 0.25) is 0 Å². The number of hydrogen-bond donors (Lipinski definition) is 1. The highest BCUT2D eigenvalue weighted by molar-refractivity contribution is 4.90. The molecule has 0 aromatic heterocycles. The van der Waals surface area contributed by atoms with Crippen LogP contribution in [-0.2, 0) is 0 Å². The van der Waals surface area contributed by atoms with Gasteiger partial charge in [-0.05, 0) is 33.7 Å². The summed E-state index contributed by atoms with van der Waals surface area (Å²) in [6, 6.07) is 0.706. The molecule has 1 rings (SSSR count). The minimum atomic E-state index is 0.298. The Hall–Kier alpha value is -0.0800. The summed E-state index contributed by atoms with van der Waals surface area (Å²) in [6.07, 6.45) is 11.4. The van der Waals surface area contributed by atoms with Crippen molar-refractivity contribution in [3.8, 4) is 0 Å². The van der Waals surface area contributed by atoms with Crippen molar-refractivity contribution in [1.82, 2.24) is 10.2 Å². The van der Waals surface area contributed by atoms with Gasteiger partial charge in [0.15, 0.2) is 0 Å². The smallest absolute Gasteiger partial charge is 0.0252 e. The van der Waals surface area contributed by atoms with Crippen LogP contribution in [0.1, 0.15) is 79.1 Å². The van der Waals surface area contributed by atoms with E-state index < -0.39 is 0 Å². The summed E-state index contributed by atoms with van der Waals surface area (Å²) in [6.45, 7) is 12.9. The summed E-state index contributed by atoms with van der Waals surface area (Å²) in [5.41, 5.74) is 0.298. The number of nitrogens with one attached hydrogen (secondary N) is 1. The molecule has 19 heavy (non-hydrogen) atoms. The molecule has 0 amide bonds. The Bertz CT molecular complexity index is 225. The molecule has 2 nitrogen and oxygen atoms in total. The molecule has 0 aliphatic carbocycles. The van der Waals surface area contributed by atoms with Crippen LogP contribution in [0, 0.1) is 0 Å². The van der Waals surface area contributed by atoms with Crippen LogP contribution in [0.3, 0.4) is 0 Å². The lowest BCUT2D eigenvalue weighted by Gasteiger charge is -2.43. The first-order valence-corrected chi connectivity index (χ1v) is 8.54. The van der Waals surface area contributed by atoms with Crippen molar-refractivity contribution in [2.24, 2.45) is 0 Å². The fourth-order valence-electron chi connectivity index (χ4n) is 3.02. The number of rotatable bonds is 9. The Morgan fingerprint density at radius 3 is 2.21 bits per heavy atom. The van der Waals surface area contributed by atoms with Crippen LogP contribution >= 0.6 is 0 Å². The Morgan fingerprint density at radius 1 is 1.00 bits per heavy atom. The van der Waals surface area contributed by atoms with E-state index in [1.54, 1.807) is 0 Å². The molecular formula is C17H36N2. The first kappa shape index (κ1) is 17.0. The van der Waals surface area contributed by atoms with Crippen molar-refractivity contribution in [2.75, 3.05) is 19.6 Å². The van der Waals surface area contributed by atoms with Crippen LogP contribution in [0.4, 0.5) is 0 Å². The van der Waals surface area contributed by atoms with E-state index in [0.717, 1.165) is 6.54 Å². The van der Waals surface area contributed by atoms with Gasteiger partial charge in [-0.2, -0.15) is 0 Å². The lowest BCUT2D eigenvalue weighted by atomic mass is 9.99. The predicted molar refractivity (Wildman–Crippen MR) is 85.7 cm³/mol. The molecule has 0 aromatic rings. The molecule has 0 spiro atoms. The van der Waals surface area contributed by atoms with Crippen LogP contribution in [0.15, 0.2) is 0 Å². The van der Waals surface area contributed by atoms with Crippen LogP contribution < -0.4 is 5.32 Å². The van der Waals surface area contributed by atoms with Crippen LogP contribution in [0.2, 0.25) is 0 Å². The van der Waals surface area contributed by atoms with Gasteiger partial charge in [-0.15, -0.1) is 0 Å². The minimum absolute atomic E-state index is 0.298. The molecular weight excluding hydrogens is 232 g/mol. The van der Waals surface area contributed by atoms with Gasteiger partial charge in [-0.1, -0.05) is 51.9 Å². The third-order valence-electron chi connectivity index (χ3n) is 4.40. The third kappa shape index (κ3) is 7.31. The molecule has 1 heterocycles. The van der Waals surface area contributed by atoms with Crippen molar-refractivity contribution >= 4 is 0 Å². The first-order chi connectivity index (χ1) is 9.05. The van der Waals surface area contributed by atoms with Crippen molar-refractivity contribution < 1.29 is 0 Å². The highest BCUT2D eigenvalue weighted by Gasteiger charge is 2.29. The fraction of sp³-hybridized carbons (Fsp3) is 1.00. The van der Waals surface area contributed by atoms with E-state index in [4.69, 9.17) is 0 Å². The van der Waals surface area contributed by atoms with Crippen LogP contribution in [0.5, 0.6) is 0 Å². The molecule has 1 aliphatic heterocycles. The molecule has 1 aliphatic rings. The highest BCUT2D eigenvalue weighted by Crippen LogP contribution is 2.16. The zero-order valence-electron chi connectivity index (χ0n) is 13.8. The zero-order valence-corrected chi connectivity index (χ0v) is 13.8. The Balaban J connectivity index is 2.02. The molecule has 1 atom stereocenters. The molecule has 1 unspecified atom stereocenters. The summed E-state index contributed by atoms with van der Waals surface area (Å²) >= 11 is 0. The van der Waals surface area contributed by atoms with Gasteiger partial charge in [0.1, 0.15) is 0 Å². The normalized spacial score (nSPS) is 23.7. The molecule has 0 aromatic carbocycles. The van der Waals surface area contributed by atoms with Gasteiger partial charge in [-0.25, -0.2) is 0 Å². The molecule has 0 bridgehead atoms. The summed E-state index contributed by atoms with van der Waals surface area (Å²) in [5, 5.41) is 3.63. The van der Waals surface area contributed by atoms with Gasteiger partial charge >= 0.3 is 0 Å². The van der Waals surface area contributed by atoms with Crippen LogP contribution in [-0.4, -0.2) is 36.1 Å². The van der Waals surface area contributed by atoms with E-state index in [9.17, 15) is 0 Å². The first-order valence-electron chi connectivity index (χ1n) is 8.54. The van der Waals surface area contributed by atoms with Gasteiger partial charge in [-0.3, -0.25) is 4.90 Å². The fourth-order valence-corrected chi connectivity index (χ4v) is 3.02. The maximum absolute atomic E-state index is 3.63. The van der Waals surface area contributed by atoms with Crippen molar-refractivity contribution in [3.63, 3.8) is 0 Å². The van der Waals surface area contributed by atoms with E-state index >= 15 is 0 Å². The maximum Gasteiger partial charge on any atom is 0.0252 e. The SMILES string of the molecule is CCCCCCCCCCN1CC(C)(C)NCC1C. The molecule has 2 heteroatoms. The second-order valence-corrected chi connectivity index (χ2v) is 7.06. The van der Waals surface area contributed by atoms with E-state index in [2.05, 4.69) is 37.9 Å². The van der Waals surface area contributed by atoms with Gasteiger partial charge in [0.25, 0.3) is 0 Å². The molecule has 1 saturated heterocycles. The summed E-state index contributed by atoms with van der Waals surface area (Å²) in [4.78, 5) is 2.67. The molecule has 1 N–H and O–H groups in total. The van der Waals surface area contributed by atoms with E-state index in [1.165, 1.54) is 64.5 Å². The quantitative estimate of drug-likeness (QED) is 0.631. The van der Waals surface area contributed by atoms with E-state index in [1.807, 2.05) is 0 Å². The van der Waals surface area contributed by atoms with E-state index in [0.29, 0.717) is 11.6 Å². The summed E-state index contributed by atoms with van der Waals surface area (Å²) in [5.74, 6) is 0. The minimum Gasteiger partial charge on any atom is -0.309 e. The van der Waals surface area contributed by atoms with Crippen molar-refractivity contribution in [3.05, 3.63) is 0 Å². The molecule has 1 fully saturated rings. The molecule has 0 radical (unpaired) electrons. The number of unbranched alkanes of at least 4 members (excludes halogenated alkanes) is 7. The molecule has 0 saturated carbocycles. The number of piperazine rings is 1. The topological polar surface area (TPSA) is 15.3 Å². The van der Waals surface area contributed by atoms with E-state index in [-0.39, 0.29) is 0 Å². The summed E-state index contributed by atoms with van der Waals surface area (Å²) in [7, 11) is 0. The Kier molecular flexibility index (Phi) is 8.01. The predicted octanol–water partition coefficient (Wildman–Crippen LogP) is 4.20. The Labute approximate surface area is 121 Å². The van der Waals surface area contributed by atoms with Gasteiger partial charge in [0, 0.05) is 24.7 Å². The van der Waals surface area contributed by atoms with Gasteiger partial charge < -0.3 is 5.32 Å². The van der Waals surface area contributed by atoms with Crippen LogP contribution in [0.25, 0.3) is 0 Å². The monoisotopic (exact) mass is 268 g/mol. The average Bonchev–Trinajstić information content (AvgIpc) is 2.36. The zero-order chi connectivity index (χ0) is 14.1. The maximum atomic E-state index is 3.63. The second-order valence-electron chi connectivity index (χ2n) is 7.06. The molecule has 114 valence electrons. The number of nitrogens with zero attached hydrogens (tertiary/aromatic N) is 1. The lowest BCUT2D eigenvalue weighted by molar-refractivity contribution is 0.103. The average molecular weight is 268 g/mol. The highest BCUT2D eigenvalue weighted by atomic mass is 15.2. The second kappa shape index (κ2) is 8.97. The lowest BCUT2D eigenvalue weighted by Crippen LogP contribution is -2.60. The number of hydrogen-bond acceptors (Lipinski definition) is 2. The van der Waals surface area contributed by atoms with Gasteiger partial charge in [0.05, 0.1) is 0 Å².